The fourth-order valence-electron chi connectivity index (χ4n) is 6.68. The van der Waals surface area contributed by atoms with Gasteiger partial charge in [-0.25, -0.2) is 0 Å². The van der Waals surface area contributed by atoms with E-state index in [0.717, 1.165) is 56.5 Å². The quantitative estimate of drug-likeness (QED) is 0.420. The Kier molecular flexibility index (Phi) is 8.66. The SMILES string of the molecule is [C-]#[N+]C1=CCC(C(=O)Nc2ccc(C3(OCCN4CCCC4)CC(C)N(C)C(C)C3)cc2C2=CCCCC2)=N1. The van der Waals surface area contributed by atoms with Crippen molar-refractivity contribution in [2.45, 2.75) is 89.3 Å². The van der Waals surface area contributed by atoms with E-state index in [0.29, 0.717) is 30.0 Å². The summed E-state index contributed by atoms with van der Waals surface area (Å²) in [5.74, 6) is 0.0673. The van der Waals surface area contributed by atoms with Gasteiger partial charge in [0, 0.05) is 36.3 Å². The van der Waals surface area contributed by atoms with Crippen molar-refractivity contribution in [2.24, 2.45) is 4.99 Å². The molecule has 1 aromatic carbocycles. The maximum absolute atomic E-state index is 13.1. The number of carbonyl (C=O) groups is 1. The number of ether oxygens (including phenoxy) is 1. The van der Waals surface area contributed by atoms with Crippen molar-refractivity contribution in [1.29, 1.82) is 0 Å². The van der Waals surface area contributed by atoms with E-state index in [2.05, 4.69) is 70.1 Å². The summed E-state index contributed by atoms with van der Waals surface area (Å²) in [5.41, 5.74) is 4.46. The zero-order valence-electron chi connectivity index (χ0n) is 23.8. The van der Waals surface area contributed by atoms with Gasteiger partial charge >= 0.3 is 0 Å². The van der Waals surface area contributed by atoms with E-state index in [-0.39, 0.29) is 11.5 Å². The molecule has 5 rings (SSSR count). The molecule has 1 N–H and O–H groups in total. The minimum absolute atomic E-state index is 0.228. The smallest absolute Gasteiger partial charge is 0.293 e. The number of piperidine rings is 1. The summed E-state index contributed by atoms with van der Waals surface area (Å²) in [5, 5.41) is 3.14. The zero-order chi connectivity index (χ0) is 27.4. The van der Waals surface area contributed by atoms with Gasteiger partial charge in [-0.1, -0.05) is 24.8 Å². The maximum Gasteiger partial charge on any atom is 0.293 e. The van der Waals surface area contributed by atoms with Crippen molar-refractivity contribution in [3.8, 4) is 0 Å². The predicted octanol–water partition coefficient (Wildman–Crippen LogP) is 6.00. The molecule has 7 heteroatoms. The van der Waals surface area contributed by atoms with Crippen molar-refractivity contribution < 1.29 is 9.53 Å². The van der Waals surface area contributed by atoms with Crippen molar-refractivity contribution in [3.63, 3.8) is 0 Å². The molecule has 208 valence electrons. The molecule has 2 atom stereocenters. The lowest BCUT2D eigenvalue weighted by atomic mass is 9.77. The number of benzene rings is 1. The van der Waals surface area contributed by atoms with Gasteiger partial charge in [0.25, 0.3) is 11.7 Å². The average molecular weight is 530 g/mol. The molecule has 2 fully saturated rings. The normalized spacial score (nSPS) is 28.0. The Balaban J connectivity index is 1.46. The van der Waals surface area contributed by atoms with Crippen molar-refractivity contribution in [3.05, 3.63) is 58.7 Å². The van der Waals surface area contributed by atoms with Gasteiger partial charge in [0.1, 0.15) is 0 Å². The van der Waals surface area contributed by atoms with Gasteiger partial charge in [0.05, 0.1) is 12.2 Å². The Morgan fingerprint density at radius 1 is 1.15 bits per heavy atom. The van der Waals surface area contributed by atoms with Gasteiger partial charge in [0.15, 0.2) is 5.71 Å². The second-order valence-electron chi connectivity index (χ2n) is 11.8. The Morgan fingerprint density at radius 2 is 1.92 bits per heavy atom. The highest BCUT2D eigenvalue weighted by Gasteiger charge is 2.43. The molecule has 0 saturated carbocycles. The fraction of sp³-hybridized carbons (Fsp3) is 0.594. The third-order valence-electron chi connectivity index (χ3n) is 9.16. The molecular formula is C32H43N5O2. The summed E-state index contributed by atoms with van der Waals surface area (Å²) in [4.78, 5) is 25.7. The van der Waals surface area contributed by atoms with Gasteiger partial charge in [0.2, 0.25) is 0 Å². The molecule has 1 aliphatic carbocycles. The second kappa shape index (κ2) is 12.2. The van der Waals surface area contributed by atoms with Gasteiger partial charge in [-0.05, 0) is 109 Å². The number of allylic oxidation sites excluding steroid dienone is 3. The Bertz CT molecular complexity index is 1190. The molecule has 3 aliphatic heterocycles. The number of nitrogens with zero attached hydrogens (tertiary/aromatic N) is 4. The molecule has 0 bridgehead atoms. The summed E-state index contributed by atoms with van der Waals surface area (Å²) in [7, 11) is 2.22. The van der Waals surface area contributed by atoms with Crippen LogP contribution in [0.3, 0.4) is 0 Å². The molecule has 0 aromatic heterocycles. The first-order valence-corrected chi connectivity index (χ1v) is 14.8. The van der Waals surface area contributed by atoms with Crippen LogP contribution in [0.5, 0.6) is 0 Å². The number of amides is 1. The number of nitrogens with one attached hydrogen (secondary N) is 1. The number of hydrogen-bond donors (Lipinski definition) is 1. The van der Waals surface area contributed by atoms with Gasteiger partial charge in [-0.3, -0.25) is 4.79 Å². The van der Waals surface area contributed by atoms with Crippen LogP contribution < -0.4 is 5.32 Å². The largest absolute Gasteiger partial charge is 0.369 e. The standard InChI is InChI=1S/C32H43N5O2/c1-23-21-32(22-24(2)36(23)4,39-19-18-37-16-8-9-17-37)26-12-13-28(27(20-26)25-10-6-5-7-11-25)35-31(38)29-14-15-30(33-3)34-29/h10,12-13,15,20,23-24H,5-9,11,14,16-19,21-22H2,1-2,4H3,(H,35,38). The lowest BCUT2D eigenvalue weighted by molar-refractivity contribution is -0.117. The minimum Gasteiger partial charge on any atom is -0.369 e. The lowest BCUT2D eigenvalue weighted by Gasteiger charge is -2.48. The summed E-state index contributed by atoms with van der Waals surface area (Å²) >= 11 is 0. The van der Waals surface area contributed by atoms with Crippen LogP contribution in [0.25, 0.3) is 10.4 Å². The molecular weight excluding hydrogens is 486 g/mol. The van der Waals surface area contributed by atoms with Crippen LogP contribution in [0.15, 0.2) is 41.2 Å². The highest BCUT2D eigenvalue weighted by atomic mass is 16.5. The number of anilines is 1. The molecule has 7 nitrogen and oxygen atoms in total. The van der Waals surface area contributed by atoms with E-state index in [1.807, 2.05) is 0 Å². The first kappa shape index (κ1) is 27.8. The third kappa shape index (κ3) is 6.19. The van der Waals surface area contributed by atoms with Gasteiger partial charge < -0.3 is 24.7 Å². The molecule has 1 amide bonds. The van der Waals surface area contributed by atoms with Crippen LogP contribution in [-0.4, -0.2) is 66.8 Å². The van der Waals surface area contributed by atoms with Crippen LogP contribution in [0.2, 0.25) is 0 Å². The molecule has 3 heterocycles. The molecule has 39 heavy (non-hydrogen) atoms. The van der Waals surface area contributed by atoms with E-state index >= 15 is 0 Å². The number of aliphatic imine (C=N–C) groups is 1. The summed E-state index contributed by atoms with van der Waals surface area (Å²) in [6, 6.07) is 7.34. The minimum atomic E-state index is -0.360. The summed E-state index contributed by atoms with van der Waals surface area (Å²) in [6.45, 7) is 15.9. The summed E-state index contributed by atoms with van der Waals surface area (Å²) < 4.78 is 6.95. The second-order valence-corrected chi connectivity index (χ2v) is 11.8. The lowest BCUT2D eigenvalue weighted by Crippen LogP contribution is -2.52. The molecule has 1 aromatic rings. The summed E-state index contributed by atoms with van der Waals surface area (Å²) in [6.07, 6.45) is 13.4. The van der Waals surface area contributed by atoms with E-state index in [9.17, 15) is 4.79 Å². The predicted molar refractivity (Wildman–Crippen MR) is 157 cm³/mol. The van der Waals surface area contributed by atoms with Gasteiger partial charge in [-0.2, -0.15) is 0 Å². The zero-order valence-corrected chi connectivity index (χ0v) is 23.8. The van der Waals surface area contributed by atoms with Crippen LogP contribution in [-0.2, 0) is 15.1 Å². The highest BCUT2D eigenvalue weighted by Crippen LogP contribution is 2.44. The third-order valence-corrected chi connectivity index (χ3v) is 9.16. The number of carbonyl (C=O) groups excluding carboxylic acids is 1. The highest BCUT2D eigenvalue weighted by molar-refractivity contribution is 6.44. The van der Waals surface area contributed by atoms with E-state index in [1.165, 1.54) is 43.5 Å². The fourth-order valence-corrected chi connectivity index (χ4v) is 6.68. The Labute approximate surface area is 233 Å². The molecule has 2 unspecified atom stereocenters. The van der Waals surface area contributed by atoms with Crippen molar-refractivity contribution in [2.75, 3.05) is 38.6 Å². The first-order chi connectivity index (χ1) is 18.9. The molecule has 2 saturated heterocycles. The maximum atomic E-state index is 13.1. The van der Waals surface area contributed by atoms with Crippen LogP contribution in [0, 0.1) is 6.57 Å². The van der Waals surface area contributed by atoms with Crippen LogP contribution >= 0.6 is 0 Å². The van der Waals surface area contributed by atoms with Crippen LogP contribution in [0.4, 0.5) is 5.69 Å². The average Bonchev–Trinajstić information content (AvgIpc) is 3.65. The molecule has 0 spiro atoms. The van der Waals surface area contributed by atoms with Crippen molar-refractivity contribution >= 4 is 22.9 Å². The van der Waals surface area contributed by atoms with Crippen molar-refractivity contribution in [1.82, 2.24) is 9.80 Å². The molecule has 4 aliphatic rings. The molecule has 0 radical (unpaired) electrons. The Hall–Kier alpha value is -2.79. The van der Waals surface area contributed by atoms with Gasteiger partial charge in [-0.15, -0.1) is 4.99 Å². The topological polar surface area (TPSA) is 61.5 Å². The number of hydrogen-bond acceptors (Lipinski definition) is 5. The van der Waals surface area contributed by atoms with E-state index < -0.39 is 0 Å². The van der Waals surface area contributed by atoms with E-state index in [4.69, 9.17) is 11.3 Å². The van der Waals surface area contributed by atoms with Crippen LogP contribution in [0.1, 0.15) is 82.8 Å². The first-order valence-electron chi connectivity index (χ1n) is 14.8. The van der Waals surface area contributed by atoms with E-state index in [1.54, 1.807) is 6.08 Å². The Morgan fingerprint density at radius 3 is 2.59 bits per heavy atom. The number of rotatable bonds is 8. The number of likely N-dealkylation sites (tertiary alicyclic amines) is 2. The monoisotopic (exact) mass is 529 g/mol.